The first-order chi connectivity index (χ1) is 10.0. The number of hydrogen-bond donors (Lipinski definition) is 2. The van der Waals surface area contributed by atoms with Gasteiger partial charge in [-0.05, 0) is 61.8 Å². The minimum absolute atomic E-state index is 0.00663. The van der Waals surface area contributed by atoms with Gasteiger partial charge in [0.15, 0.2) is 0 Å². The molecule has 0 radical (unpaired) electrons. The highest BCUT2D eigenvalue weighted by atomic mass is 32.2. The molecule has 3 N–H and O–H groups in total. The van der Waals surface area contributed by atoms with Crippen molar-refractivity contribution in [1.82, 2.24) is 4.72 Å². The van der Waals surface area contributed by atoms with Crippen molar-refractivity contribution in [3.8, 4) is 5.75 Å². The van der Waals surface area contributed by atoms with E-state index in [-0.39, 0.29) is 18.4 Å². The van der Waals surface area contributed by atoms with Gasteiger partial charge >= 0.3 is 0 Å². The van der Waals surface area contributed by atoms with Gasteiger partial charge in [0.2, 0.25) is 10.0 Å². The zero-order chi connectivity index (χ0) is 14.9. The molecule has 2 aliphatic rings. The quantitative estimate of drug-likeness (QED) is 0.717. The standard InChI is InChI=1S/C15H22N2O3S/c16-13-5-7-14(8-6-13)20-9-10-21(18,19)17-15(11-1-2-11)12-3-4-12/h5-8,11-12,15,17H,1-4,9-10,16H2. The first kappa shape index (κ1) is 14.7. The van der Waals surface area contributed by atoms with E-state index < -0.39 is 10.0 Å². The second kappa shape index (κ2) is 5.85. The molecule has 21 heavy (non-hydrogen) atoms. The fraction of sp³-hybridized carbons (Fsp3) is 0.600. The van der Waals surface area contributed by atoms with Crippen LogP contribution in [0.4, 0.5) is 5.69 Å². The molecule has 5 nitrogen and oxygen atoms in total. The maximum Gasteiger partial charge on any atom is 0.215 e. The van der Waals surface area contributed by atoms with Crippen molar-refractivity contribution in [1.29, 1.82) is 0 Å². The molecule has 0 spiro atoms. The van der Waals surface area contributed by atoms with Crippen LogP contribution in [0, 0.1) is 11.8 Å². The number of nitrogens with two attached hydrogens (primary N) is 1. The minimum Gasteiger partial charge on any atom is -0.492 e. The van der Waals surface area contributed by atoms with Crippen LogP contribution in [0.2, 0.25) is 0 Å². The Balaban J connectivity index is 1.47. The molecular formula is C15H22N2O3S. The molecule has 2 fully saturated rings. The van der Waals surface area contributed by atoms with E-state index in [0.29, 0.717) is 23.3 Å². The van der Waals surface area contributed by atoms with Crippen molar-refractivity contribution in [3.05, 3.63) is 24.3 Å². The Bertz CT molecular complexity index is 565. The second-order valence-electron chi connectivity index (χ2n) is 6.05. The summed E-state index contributed by atoms with van der Waals surface area (Å²) in [6.45, 7) is 0.154. The van der Waals surface area contributed by atoms with Crippen molar-refractivity contribution < 1.29 is 13.2 Å². The molecule has 116 valence electrons. The number of benzene rings is 1. The fourth-order valence-electron chi connectivity index (χ4n) is 2.59. The van der Waals surface area contributed by atoms with Gasteiger partial charge in [-0.25, -0.2) is 13.1 Å². The van der Waals surface area contributed by atoms with Crippen LogP contribution in [-0.4, -0.2) is 26.8 Å². The Morgan fingerprint density at radius 3 is 2.24 bits per heavy atom. The van der Waals surface area contributed by atoms with Crippen LogP contribution >= 0.6 is 0 Å². The van der Waals surface area contributed by atoms with Gasteiger partial charge in [0.05, 0.1) is 5.75 Å². The summed E-state index contributed by atoms with van der Waals surface area (Å²) < 4.78 is 32.6. The van der Waals surface area contributed by atoms with Gasteiger partial charge in [-0.2, -0.15) is 0 Å². The highest BCUT2D eigenvalue weighted by Gasteiger charge is 2.43. The van der Waals surface area contributed by atoms with Crippen LogP contribution in [0.1, 0.15) is 25.7 Å². The van der Waals surface area contributed by atoms with Crippen molar-refractivity contribution >= 4 is 15.7 Å². The molecule has 1 aromatic rings. The summed E-state index contributed by atoms with van der Waals surface area (Å²) in [5.41, 5.74) is 6.25. The molecule has 0 saturated heterocycles. The monoisotopic (exact) mass is 310 g/mol. The molecule has 0 atom stereocenters. The fourth-order valence-corrected chi connectivity index (χ4v) is 3.81. The van der Waals surface area contributed by atoms with E-state index in [1.54, 1.807) is 24.3 Å². The Labute approximate surface area is 125 Å². The van der Waals surface area contributed by atoms with E-state index in [0.717, 1.165) is 25.7 Å². The third-order valence-corrected chi connectivity index (χ3v) is 5.41. The lowest BCUT2D eigenvalue weighted by atomic mass is 10.1. The van der Waals surface area contributed by atoms with Crippen molar-refractivity contribution in [2.24, 2.45) is 11.8 Å². The van der Waals surface area contributed by atoms with E-state index in [4.69, 9.17) is 10.5 Å². The van der Waals surface area contributed by atoms with Gasteiger partial charge in [0, 0.05) is 11.7 Å². The summed E-state index contributed by atoms with van der Waals surface area (Å²) in [6.07, 6.45) is 4.63. The Kier molecular flexibility index (Phi) is 4.08. The zero-order valence-corrected chi connectivity index (χ0v) is 12.8. The van der Waals surface area contributed by atoms with Crippen molar-refractivity contribution in [2.45, 2.75) is 31.7 Å². The molecule has 3 rings (SSSR count). The van der Waals surface area contributed by atoms with Crippen LogP contribution in [0.3, 0.4) is 0 Å². The highest BCUT2D eigenvalue weighted by molar-refractivity contribution is 7.89. The van der Waals surface area contributed by atoms with Gasteiger partial charge in [-0.1, -0.05) is 0 Å². The number of nitrogen functional groups attached to an aromatic ring is 1. The first-order valence-corrected chi connectivity index (χ1v) is 9.17. The number of hydrogen-bond acceptors (Lipinski definition) is 4. The number of sulfonamides is 1. The van der Waals surface area contributed by atoms with Gasteiger partial charge in [0.1, 0.15) is 12.4 Å². The third kappa shape index (κ3) is 4.35. The van der Waals surface area contributed by atoms with Crippen molar-refractivity contribution in [2.75, 3.05) is 18.1 Å². The van der Waals surface area contributed by atoms with Crippen molar-refractivity contribution in [3.63, 3.8) is 0 Å². The molecule has 2 aliphatic carbocycles. The molecule has 0 heterocycles. The summed E-state index contributed by atoms with van der Waals surface area (Å²) in [6, 6.07) is 7.11. The van der Waals surface area contributed by atoms with Gasteiger partial charge in [0.25, 0.3) is 0 Å². The molecule has 6 heteroatoms. The largest absolute Gasteiger partial charge is 0.492 e. The molecule has 0 aromatic heterocycles. The summed E-state index contributed by atoms with van der Waals surface area (Å²) in [5, 5.41) is 0. The SMILES string of the molecule is Nc1ccc(OCCS(=O)(=O)NC(C2CC2)C2CC2)cc1. The number of rotatable bonds is 8. The van der Waals surface area contributed by atoms with Crippen LogP contribution in [0.5, 0.6) is 5.75 Å². The van der Waals surface area contributed by atoms with Crippen LogP contribution in [-0.2, 0) is 10.0 Å². The van der Waals surface area contributed by atoms with E-state index in [9.17, 15) is 8.42 Å². The summed E-state index contributed by atoms with van der Waals surface area (Å²) in [5.74, 6) is 1.75. The lowest BCUT2D eigenvalue weighted by Gasteiger charge is -2.17. The average Bonchev–Trinajstić information content (AvgIpc) is 3.30. The number of nitrogens with one attached hydrogen (secondary N) is 1. The van der Waals surface area contributed by atoms with Crippen LogP contribution < -0.4 is 15.2 Å². The topological polar surface area (TPSA) is 81.4 Å². The van der Waals surface area contributed by atoms with E-state index in [2.05, 4.69) is 4.72 Å². The van der Waals surface area contributed by atoms with Gasteiger partial charge in [-0.3, -0.25) is 0 Å². The van der Waals surface area contributed by atoms with Crippen LogP contribution in [0.25, 0.3) is 0 Å². The lowest BCUT2D eigenvalue weighted by Crippen LogP contribution is -2.40. The Hall–Kier alpha value is -1.27. The molecule has 2 saturated carbocycles. The Morgan fingerprint density at radius 2 is 1.71 bits per heavy atom. The van der Waals surface area contributed by atoms with E-state index >= 15 is 0 Å². The first-order valence-electron chi connectivity index (χ1n) is 7.52. The van der Waals surface area contributed by atoms with E-state index in [1.165, 1.54) is 0 Å². The molecule has 0 aliphatic heterocycles. The van der Waals surface area contributed by atoms with Crippen LogP contribution in [0.15, 0.2) is 24.3 Å². The lowest BCUT2D eigenvalue weighted by molar-refractivity contribution is 0.339. The van der Waals surface area contributed by atoms with Gasteiger partial charge < -0.3 is 10.5 Å². The zero-order valence-electron chi connectivity index (χ0n) is 12.0. The summed E-state index contributed by atoms with van der Waals surface area (Å²) in [4.78, 5) is 0. The number of ether oxygens (including phenoxy) is 1. The van der Waals surface area contributed by atoms with E-state index in [1.807, 2.05) is 0 Å². The second-order valence-corrected chi connectivity index (χ2v) is 7.93. The number of anilines is 1. The third-order valence-electron chi connectivity index (χ3n) is 4.08. The highest BCUT2D eigenvalue weighted by Crippen LogP contribution is 2.44. The average molecular weight is 310 g/mol. The molecule has 0 amide bonds. The maximum atomic E-state index is 12.1. The normalized spacial score (nSPS) is 18.9. The molecule has 0 bridgehead atoms. The Morgan fingerprint density at radius 1 is 1.14 bits per heavy atom. The maximum absolute atomic E-state index is 12.1. The smallest absolute Gasteiger partial charge is 0.215 e. The minimum atomic E-state index is -3.27. The predicted octanol–water partition coefficient (Wildman–Crippen LogP) is 1.76. The van der Waals surface area contributed by atoms with Gasteiger partial charge in [-0.15, -0.1) is 0 Å². The summed E-state index contributed by atoms with van der Waals surface area (Å²) >= 11 is 0. The molecule has 0 unspecified atom stereocenters. The predicted molar refractivity (Wildman–Crippen MR) is 82.5 cm³/mol. The molecular weight excluding hydrogens is 288 g/mol. The summed E-state index contributed by atoms with van der Waals surface area (Å²) in [7, 11) is -3.27. The molecule has 1 aromatic carbocycles.